The Labute approximate surface area is 77.8 Å². The Morgan fingerprint density at radius 3 is 2.54 bits per heavy atom. The van der Waals surface area contributed by atoms with E-state index in [0.29, 0.717) is 12.0 Å². The predicted octanol–water partition coefficient (Wildman–Crippen LogP) is 2.25. The summed E-state index contributed by atoms with van der Waals surface area (Å²) < 4.78 is 0. The summed E-state index contributed by atoms with van der Waals surface area (Å²) in [7, 11) is 0. The van der Waals surface area contributed by atoms with Crippen molar-refractivity contribution in [3.63, 3.8) is 0 Å². The van der Waals surface area contributed by atoms with Crippen LogP contribution in [0.2, 0.25) is 0 Å². The monoisotopic (exact) mass is 173 g/mol. The number of hydrogen-bond donors (Lipinski definition) is 0. The first-order chi connectivity index (χ1) is 6.27. The Morgan fingerprint density at radius 1 is 1.46 bits per heavy atom. The number of nitriles is 1. The fraction of sp³-hybridized carbons (Fsp3) is 0.273. The summed E-state index contributed by atoms with van der Waals surface area (Å²) in [5.74, 6) is 0.241. The Morgan fingerprint density at radius 2 is 2.08 bits per heavy atom. The molecule has 2 heteroatoms. The van der Waals surface area contributed by atoms with Crippen LogP contribution in [0.4, 0.5) is 0 Å². The van der Waals surface area contributed by atoms with Gasteiger partial charge in [-0.05, 0) is 23.6 Å². The molecule has 0 aliphatic carbocycles. The molecule has 0 bridgehead atoms. The minimum Gasteiger partial charge on any atom is -0.303 e. The van der Waals surface area contributed by atoms with Crippen LogP contribution in [-0.4, -0.2) is 6.29 Å². The van der Waals surface area contributed by atoms with Crippen LogP contribution in [0.1, 0.15) is 30.4 Å². The maximum Gasteiger partial charge on any atom is 0.120 e. The van der Waals surface area contributed by atoms with Crippen LogP contribution >= 0.6 is 0 Å². The fourth-order valence-corrected chi connectivity index (χ4v) is 1.17. The highest BCUT2D eigenvalue weighted by atomic mass is 16.1. The van der Waals surface area contributed by atoms with E-state index in [2.05, 4.69) is 6.07 Å². The number of benzene rings is 1. The smallest absolute Gasteiger partial charge is 0.120 e. The molecule has 0 aliphatic heterocycles. The van der Waals surface area contributed by atoms with Crippen molar-refractivity contribution >= 4 is 6.29 Å². The van der Waals surface area contributed by atoms with Crippen molar-refractivity contribution in [1.82, 2.24) is 0 Å². The fourth-order valence-electron chi connectivity index (χ4n) is 1.17. The van der Waals surface area contributed by atoms with E-state index in [0.717, 1.165) is 11.8 Å². The normalized spacial score (nSPS) is 11.7. The zero-order valence-electron chi connectivity index (χ0n) is 7.53. The second kappa shape index (κ2) is 4.42. The molecule has 1 aromatic carbocycles. The number of carbonyl (C=O) groups excluding carboxylic acids is 1. The lowest BCUT2D eigenvalue weighted by Crippen LogP contribution is -1.93. The van der Waals surface area contributed by atoms with Crippen LogP contribution in [0.25, 0.3) is 0 Å². The van der Waals surface area contributed by atoms with Gasteiger partial charge in [0.05, 0.1) is 11.6 Å². The Kier molecular flexibility index (Phi) is 3.22. The van der Waals surface area contributed by atoms with Gasteiger partial charge < -0.3 is 4.79 Å². The van der Waals surface area contributed by atoms with Crippen molar-refractivity contribution in [1.29, 1.82) is 5.26 Å². The zero-order valence-corrected chi connectivity index (χ0v) is 7.53. The summed E-state index contributed by atoms with van der Waals surface area (Å²) in [5, 5.41) is 8.56. The molecule has 0 amide bonds. The molecule has 0 spiro atoms. The molecule has 0 unspecified atom stereocenters. The second-order valence-corrected chi connectivity index (χ2v) is 3.04. The molecule has 66 valence electrons. The third-order valence-corrected chi connectivity index (χ3v) is 2.06. The Hall–Kier alpha value is -1.62. The molecule has 0 N–H and O–H groups in total. The van der Waals surface area contributed by atoms with Gasteiger partial charge in [-0.25, -0.2) is 0 Å². The van der Waals surface area contributed by atoms with Crippen molar-refractivity contribution in [3.05, 3.63) is 35.4 Å². The maximum absolute atomic E-state index is 10.3. The molecule has 0 aromatic heterocycles. The summed E-state index contributed by atoms with van der Waals surface area (Å²) in [6.07, 6.45) is 1.45. The van der Waals surface area contributed by atoms with Gasteiger partial charge in [0, 0.05) is 6.42 Å². The van der Waals surface area contributed by atoms with Gasteiger partial charge in [-0.15, -0.1) is 0 Å². The van der Waals surface area contributed by atoms with E-state index in [1.165, 1.54) is 0 Å². The standard InChI is InChI=1S/C11H11NO/c1-9(6-7-13)11-4-2-10(8-12)3-5-11/h2-5,7,9H,6H2,1H3/t9-/m1/s1. The van der Waals surface area contributed by atoms with E-state index < -0.39 is 0 Å². The van der Waals surface area contributed by atoms with E-state index in [9.17, 15) is 4.79 Å². The molecule has 0 radical (unpaired) electrons. The second-order valence-electron chi connectivity index (χ2n) is 3.04. The van der Waals surface area contributed by atoms with Gasteiger partial charge in [-0.1, -0.05) is 19.1 Å². The van der Waals surface area contributed by atoms with Gasteiger partial charge >= 0.3 is 0 Å². The van der Waals surface area contributed by atoms with E-state index in [-0.39, 0.29) is 5.92 Å². The summed E-state index contributed by atoms with van der Waals surface area (Å²) in [6, 6.07) is 9.40. The van der Waals surface area contributed by atoms with Crippen LogP contribution in [-0.2, 0) is 4.79 Å². The Balaban J connectivity index is 2.80. The van der Waals surface area contributed by atoms with Crippen molar-refractivity contribution in [2.75, 3.05) is 0 Å². The summed E-state index contributed by atoms with van der Waals surface area (Å²) >= 11 is 0. The molecule has 0 heterocycles. The average molecular weight is 173 g/mol. The van der Waals surface area contributed by atoms with E-state index in [1.807, 2.05) is 19.1 Å². The average Bonchev–Trinajstić information content (AvgIpc) is 2.18. The summed E-state index contributed by atoms with van der Waals surface area (Å²) in [6.45, 7) is 2.00. The highest BCUT2D eigenvalue weighted by Gasteiger charge is 2.03. The number of aldehydes is 1. The molecule has 0 aliphatic rings. The van der Waals surface area contributed by atoms with Crippen LogP contribution in [0.15, 0.2) is 24.3 Å². The van der Waals surface area contributed by atoms with Crippen molar-refractivity contribution in [3.8, 4) is 6.07 Å². The van der Waals surface area contributed by atoms with Crippen molar-refractivity contribution in [2.45, 2.75) is 19.3 Å². The van der Waals surface area contributed by atoms with Gasteiger partial charge in [-0.2, -0.15) is 5.26 Å². The third kappa shape index (κ3) is 2.41. The minimum absolute atomic E-state index is 0.241. The quantitative estimate of drug-likeness (QED) is 0.658. The van der Waals surface area contributed by atoms with Crippen LogP contribution in [0.5, 0.6) is 0 Å². The highest BCUT2D eigenvalue weighted by Crippen LogP contribution is 2.17. The van der Waals surface area contributed by atoms with Crippen molar-refractivity contribution in [2.24, 2.45) is 0 Å². The number of carbonyl (C=O) groups is 1. The molecule has 1 aromatic rings. The Bertz CT molecular complexity index is 321. The molecular formula is C11H11NO. The first-order valence-corrected chi connectivity index (χ1v) is 4.21. The number of rotatable bonds is 3. The molecule has 0 saturated heterocycles. The molecule has 1 rings (SSSR count). The lowest BCUT2D eigenvalue weighted by molar-refractivity contribution is -0.108. The maximum atomic E-state index is 10.3. The first-order valence-electron chi connectivity index (χ1n) is 4.21. The largest absolute Gasteiger partial charge is 0.303 e. The molecule has 1 atom stereocenters. The zero-order chi connectivity index (χ0) is 9.68. The minimum atomic E-state index is 0.241. The molecule has 13 heavy (non-hydrogen) atoms. The number of hydrogen-bond acceptors (Lipinski definition) is 2. The van der Waals surface area contributed by atoms with Crippen LogP contribution in [0, 0.1) is 11.3 Å². The van der Waals surface area contributed by atoms with Gasteiger partial charge in [0.2, 0.25) is 0 Å². The van der Waals surface area contributed by atoms with Gasteiger partial charge in [0.25, 0.3) is 0 Å². The predicted molar refractivity (Wildman–Crippen MR) is 50.3 cm³/mol. The molecular weight excluding hydrogens is 162 g/mol. The van der Waals surface area contributed by atoms with Crippen molar-refractivity contribution < 1.29 is 4.79 Å². The lowest BCUT2D eigenvalue weighted by Gasteiger charge is -2.06. The van der Waals surface area contributed by atoms with Crippen LogP contribution < -0.4 is 0 Å². The first kappa shape index (κ1) is 9.47. The third-order valence-electron chi connectivity index (χ3n) is 2.06. The van der Waals surface area contributed by atoms with Gasteiger partial charge in [-0.3, -0.25) is 0 Å². The topological polar surface area (TPSA) is 40.9 Å². The summed E-state index contributed by atoms with van der Waals surface area (Å²) in [4.78, 5) is 10.3. The highest BCUT2D eigenvalue weighted by molar-refractivity contribution is 5.51. The summed E-state index contributed by atoms with van der Waals surface area (Å²) in [5.41, 5.74) is 1.76. The van der Waals surface area contributed by atoms with E-state index >= 15 is 0 Å². The molecule has 2 nitrogen and oxygen atoms in total. The van der Waals surface area contributed by atoms with Gasteiger partial charge in [0.15, 0.2) is 0 Å². The lowest BCUT2D eigenvalue weighted by atomic mass is 9.98. The SMILES string of the molecule is C[C@H](CC=O)c1ccc(C#N)cc1. The molecule has 0 fully saturated rings. The van der Waals surface area contributed by atoms with Crippen LogP contribution in [0.3, 0.4) is 0 Å². The number of nitrogens with zero attached hydrogens (tertiary/aromatic N) is 1. The van der Waals surface area contributed by atoms with E-state index in [1.54, 1.807) is 12.1 Å². The molecule has 0 saturated carbocycles. The van der Waals surface area contributed by atoms with E-state index in [4.69, 9.17) is 5.26 Å². The van der Waals surface area contributed by atoms with Gasteiger partial charge in [0.1, 0.15) is 6.29 Å².